The molecule has 0 fully saturated rings. The summed E-state index contributed by atoms with van der Waals surface area (Å²) in [5.41, 5.74) is 3.47. The summed E-state index contributed by atoms with van der Waals surface area (Å²) in [5, 5.41) is 11.7. The van der Waals surface area contributed by atoms with Gasteiger partial charge in [-0.2, -0.15) is 10.2 Å². The quantitative estimate of drug-likeness (QED) is 0.498. The molecule has 0 unspecified atom stereocenters. The first-order valence-corrected chi connectivity index (χ1v) is 9.83. The first kappa shape index (κ1) is 21.0. The Morgan fingerprint density at radius 1 is 1.00 bits per heavy atom. The summed E-state index contributed by atoms with van der Waals surface area (Å²) in [6, 6.07) is 10.7. The second-order valence-corrected chi connectivity index (χ2v) is 7.16. The molecule has 4 aromatic rings. The zero-order valence-electron chi connectivity index (χ0n) is 18.4. The molecule has 0 atom stereocenters. The van der Waals surface area contributed by atoms with Gasteiger partial charge in [0.15, 0.2) is 5.82 Å². The van der Waals surface area contributed by atoms with E-state index in [-0.39, 0.29) is 5.91 Å². The summed E-state index contributed by atoms with van der Waals surface area (Å²) >= 11 is 0. The molecule has 4 rings (SSSR count). The van der Waals surface area contributed by atoms with Crippen LogP contribution in [0, 0.1) is 13.8 Å². The Balaban J connectivity index is 1.62. The number of rotatable bonds is 6. The van der Waals surface area contributed by atoms with Gasteiger partial charge in [0.05, 0.1) is 25.6 Å². The van der Waals surface area contributed by atoms with Crippen LogP contribution >= 0.6 is 0 Å². The van der Waals surface area contributed by atoms with Crippen LogP contribution in [0.5, 0.6) is 11.5 Å². The van der Waals surface area contributed by atoms with Gasteiger partial charge >= 0.3 is 0 Å². The number of ether oxygens (including phenoxy) is 2. The van der Waals surface area contributed by atoms with E-state index in [0.717, 1.165) is 17.0 Å². The van der Waals surface area contributed by atoms with Crippen molar-refractivity contribution in [2.45, 2.75) is 13.8 Å². The van der Waals surface area contributed by atoms with Gasteiger partial charge in [-0.3, -0.25) is 9.48 Å². The summed E-state index contributed by atoms with van der Waals surface area (Å²) in [6.45, 7) is 3.84. The number of methoxy groups -OCH3 is 2. The highest BCUT2D eigenvalue weighted by Gasteiger charge is 2.18. The molecule has 32 heavy (non-hydrogen) atoms. The number of aromatic nitrogens is 6. The Bertz CT molecular complexity index is 1290. The topological polar surface area (TPSA) is 109 Å². The lowest BCUT2D eigenvalue weighted by Crippen LogP contribution is -2.17. The molecule has 10 heteroatoms. The van der Waals surface area contributed by atoms with Crippen LogP contribution in [0.2, 0.25) is 0 Å². The molecule has 3 aromatic heterocycles. The molecule has 1 N–H and O–H groups in total. The van der Waals surface area contributed by atoms with Crippen molar-refractivity contribution in [2.75, 3.05) is 19.5 Å². The van der Waals surface area contributed by atoms with Gasteiger partial charge in [0, 0.05) is 24.4 Å². The highest BCUT2D eigenvalue weighted by molar-refractivity contribution is 6.03. The maximum absolute atomic E-state index is 13.0. The minimum Gasteiger partial charge on any atom is -0.497 e. The van der Waals surface area contributed by atoms with E-state index in [1.165, 1.54) is 11.0 Å². The third-order valence-electron chi connectivity index (χ3n) is 4.92. The number of hydrogen-bond acceptors (Lipinski definition) is 7. The van der Waals surface area contributed by atoms with Crippen molar-refractivity contribution < 1.29 is 14.3 Å². The number of amides is 1. The van der Waals surface area contributed by atoms with Crippen molar-refractivity contribution in [1.29, 1.82) is 0 Å². The average Bonchev–Trinajstić information content (AvgIpc) is 3.34. The van der Waals surface area contributed by atoms with Crippen molar-refractivity contribution in [3.63, 3.8) is 0 Å². The van der Waals surface area contributed by atoms with Crippen LogP contribution in [0.25, 0.3) is 17.1 Å². The van der Waals surface area contributed by atoms with Crippen LogP contribution in [0.4, 0.5) is 5.82 Å². The van der Waals surface area contributed by atoms with Crippen molar-refractivity contribution in [1.82, 2.24) is 29.5 Å². The van der Waals surface area contributed by atoms with Gasteiger partial charge in [0.1, 0.15) is 29.3 Å². The van der Waals surface area contributed by atoms with Gasteiger partial charge in [0.25, 0.3) is 5.91 Å². The zero-order chi connectivity index (χ0) is 22.8. The molecule has 10 nitrogen and oxygen atoms in total. The third-order valence-corrected chi connectivity index (χ3v) is 4.92. The molecule has 0 aliphatic rings. The van der Waals surface area contributed by atoms with Crippen LogP contribution in [0.15, 0.2) is 42.7 Å². The van der Waals surface area contributed by atoms with Gasteiger partial charge in [-0.1, -0.05) is 0 Å². The lowest BCUT2D eigenvalue weighted by molar-refractivity contribution is 0.101. The van der Waals surface area contributed by atoms with Crippen molar-refractivity contribution >= 4 is 11.7 Å². The van der Waals surface area contributed by atoms with E-state index >= 15 is 0 Å². The first-order chi connectivity index (χ1) is 15.4. The molecule has 1 amide bonds. The predicted molar refractivity (Wildman–Crippen MR) is 118 cm³/mol. The number of nitrogens with one attached hydrogen (secondary N) is 1. The van der Waals surface area contributed by atoms with E-state index in [4.69, 9.17) is 9.47 Å². The van der Waals surface area contributed by atoms with Gasteiger partial charge in [0.2, 0.25) is 0 Å². The summed E-state index contributed by atoms with van der Waals surface area (Å²) in [4.78, 5) is 21.4. The highest BCUT2D eigenvalue weighted by atomic mass is 16.5. The minimum absolute atomic E-state index is 0.355. The Morgan fingerprint density at radius 2 is 1.81 bits per heavy atom. The molecular formula is C22H23N7O3. The zero-order valence-corrected chi connectivity index (χ0v) is 18.4. The van der Waals surface area contributed by atoms with Gasteiger partial charge in [-0.15, -0.1) is 0 Å². The second-order valence-electron chi connectivity index (χ2n) is 7.16. The molecule has 3 heterocycles. The van der Waals surface area contributed by atoms with Crippen LogP contribution in [-0.4, -0.2) is 49.7 Å². The van der Waals surface area contributed by atoms with Crippen LogP contribution in [0.1, 0.15) is 21.9 Å². The molecule has 0 aliphatic carbocycles. The van der Waals surface area contributed by atoms with Crippen molar-refractivity contribution in [2.24, 2.45) is 7.05 Å². The lowest BCUT2D eigenvalue weighted by atomic mass is 10.1. The van der Waals surface area contributed by atoms with Crippen molar-refractivity contribution in [3.05, 3.63) is 59.8 Å². The van der Waals surface area contributed by atoms with Gasteiger partial charge in [-0.25, -0.2) is 14.6 Å². The summed E-state index contributed by atoms with van der Waals surface area (Å²) in [5.74, 6) is 1.85. The van der Waals surface area contributed by atoms with E-state index in [2.05, 4.69) is 25.5 Å². The van der Waals surface area contributed by atoms with Crippen LogP contribution in [-0.2, 0) is 7.05 Å². The van der Waals surface area contributed by atoms with E-state index in [1.54, 1.807) is 50.2 Å². The fourth-order valence-corrected chi connectivity index (χ4v) is 3.40. The monoisotopic (exact) mass is 433 g/mol. The van der Waals surface area contributed by atoms with Crippen LogP contribution < -0.4 is 14.8 Å². The van der Waals surface area contributed by atoms with Gasteiger partial charge < -0.3 is 14.8 Å². The number of nitrogens with zero attached hydrogens (tertiary/aromatic N) is 6. The largest absolute Gasteiger partial charge is 0.497 e. The van der Waals surface area contributed by atoms with Crippen molar-refractivity contribution in [3.8, 4) is 28.6 Å². The fourth-order valence-electron chi connectivity index (χ4n) is 3.40. The molecule has 0 aliphatic heterocycles. The first-order valence-electron chi connectivity index (χ1n) is 9.83. The molecular weight excluding hydrogens is 410 g/mol. The standard InChI is InChI=1S/C22H23N7O3/c1-13-8-14(2)29(26-13)21-11-20(23-12-24-21)25-22(30)18-10-17(27-28(18)3)16-9-15(31-4)6-7-19(16)32-5/h6-12H,1-5H3,(H,23,24,25,30). The van der Waals surface area contributed by atoms with Gasteiger partial charge in [-0.05, 0) is 44.2 Å². The van der Waals surface area contributed by atoms with Crippen LogP contribution in [0.3, 0.4) is 0 Å². The molecule has 0 bridgehead atoms. The van der Waals surface area contributed by atoms with E-state index in [9.17, 15) is 4.79 Å². The number of hydrogen-bond donors (Lipinski definition) is 1. The number of anilines is 1. The minimum atomic E-state index is -0.355. The normalized spacial score (nSPS) is 10.8. The smallest absolute Gasteiger partial charge is 0.275 e. The molecule has 0 saturated heterocycles. The number of aryl methyl sites for hydroxylation is 3. The maximum atomic E-state index is 13.0. The second kappa shape index (κ2) is 8.50. The maximum Gasteiger partial charge on any atom is 0.275 e. The average molecular weight is 433 g/mol. The van der Waals surface area contributed by atoms with E-state index in [1.807, 2.05) is 26.0 Å². The molecule has 1 aromatic carbocycles. The molecule has 0 radical (unpaired) electrons. The lowest BCUT2D eigenvalue weighted by Gasteiger charge is -2.08. The molecule has 0 saturated carbocycles. The molecule has 0 spiro atoms. The highest BCUT2D eigenvalue weighted by Crippen LogP contribution is 2.33. The number of carbonyl (C=O) groups is 1. The summed E-state index contributed by atoms with van der Waals surface area (Å²) < 4.78 is 14.0. The third kappa shape index (κ3) is 4.02. The SMILES string of the molecule is COc1ccc(OC)c(-c2cc(C(=O)Nc3cc(-n4nc(C)cc4C)ncn3)n(C)n2)c1. The Kier molecular flexibility index (Phi) is 5.59. The number of carbonyl (C=O) groups excluding carboxylic acids is 1. The molecule has 164 valence electrons. The van der Waals surface area contributed by atoms with E-state index < -0.39 is 0 Å². The number of benzene rings is 1. The summed E-state index contributed by atoms with van der Waals surface area (Å²) in [6.07, 6.45) is 1.39. The fraction of sp³-hybridized carbons (Fsp3) is 0.227. The Hall–Kier alpha value is -4.21. The summed E-state index contributed by atoms with van der Waals surface area (Å²) in [7, 11) is 4.87. The Morgan fingerprint density at radius 3 is 2.50 bits per heavy atom. The van der Waals surface area contributed by atoms with E-state index in [0.29, 0.717) is 34.5 Å². The Labute approximate surface area is 184 Å². The predicted octanol–water partition coefficient (Wildman–Crippen LogP) is 2.95.